The smallest absolute Gasteiger partial charge is 0.341 e. The fourth-order valence-electron chi connectivity index (χ4n) is 7.63. The number of furan rings is 1. The van der Waals surface area contributed by atoms with Gasteiger partial charge < -0.3 is 47.8 Å². The van der Waals surface area contributed by atoms with Crippen LogP contribution in [0.25, 0.3) is 0 Å². The van der Waals surface area contributed by atoms with Crippen LogP contribution in [0.15, 0.2) is 23.0 Å². The van der Waals surface area contributed by atoms with E-state index in [2.05, 4.69) is 0 Å². The van der Waals surface area contributed by atoms with Crippen LogP contribution in [0.5, 0.6) is 0 Å². The summed E-state index contributed by atoms with van der Waals surface area (Å²) in [6.45, 7) is 8.29. The molecule has 254 valence electrons. The van der Waals surface area contributed by atoms with Gasteiger partial charge in [0.15, 0.2) is 24.4 Å². The molecule has 3 fully saturated rings. The summed E-state index contributed by atoms with van der Waals surface area (Å²) >= 11 is 0. The fourth-order valence-corrected chi connectivity index (χ4v) is 7.63. The van der Waals surface area contributed by atoms with E-state index in [9.17, 15) is 39.0 Å². The second kappa shape index (κ2) is 12.0. The highest BCUT2D eigenvalue weighted by Gasteiger charge is 2.90. The lowest BCUT2D eigenvalue weighted by Gasteiger charge is -2.67. The van der Waals surface area contributed by atoms with Crippen molar-refractivity contribution in [2.45, 2.75) is 109 Å². The average Bonchev–Trinajstić information content (AvgIpc) is 3.50. The number of esters is 6. The number of rotatable bonds is 8. The third-order valence-corrected chi connectivity index (χ3v) is 8.94. The van der Waals surface area contributed by atoms with E-state index in [1.807, 2.05) is 0 Å². The van der Waals surface area contributed by atoms with Crippen LogP contribution in [-0.4, -0.2) is 106 Å². The van der Waals surface area contributed by atoms with Crippen LogP contribution >= 0.6 is 0 Å². The Kier molecular flexibility index (Phi) is 9.07. The molecule has 1 spiro atoms. The molecular formula is C30H38O16. The summed E-state index contributed by atoms with van der Waals surface area (Å²) in [7, 11) is 0. The molecule has 2 heterocycles. The standard InChI is InChI=1S/C30H38O16/c1-13(31)40-12-29-24(44-17(5)35)20(41-14(2)32)19-22(36)30(29,46-27(19,6)7)28(8,38)23(43-16(4)34)21(42-15(3)33)25(29)45-26(37)18-9-10-39-11-18/h9-11,19-25,36,38H,12H2,1-8H3. The molecule has 16 nitrogen and oxygen atoms in total. The summed E-state index contributed by atoms with van der Waals surface area (Å²) in [6, 6.07) is 1.24. The van der Waals surface area contributed by atoms with Gasteiger partial charge in [0.1, 0.15) is 35.6 Å². The first-order valence-corrected chi connectivity index (χ1v) is 14.4. The number of aliphatic hydroxyl groups is 2. The summed E-state index contributed by atoms with van der Waals surface area (Å²) in [5, 5.41) is 25.0. The second-order valence-corrected chi connectivity index (χ2v) is 12.4. The van der Waals surface area contributed by atoms with Gasteiger partial charge in [-0.05, 0) is 26.8 Å². The van der Waals surface area contributed by atoms with E-state index in [4.69, 9.17) is 37.6 Å². The van der Waals surface area contributed by atoms with Crippen molar-refractivity contribution >= 4 is 35.8 Å². The number of fused-ring (bicyclic) bond motifs is 1. The Morgan fingerprint density at radius 3 is 1.78 bits per heavy atom. The molecule has 2 bridgehead atoms. The van der Waals surface area contributed by atoms with Crippen molar-refractivity contribution < 1.29 is 76.6 Å². The minimum atomic E-state index is -2.61. The highest BCUT2D eigenvalue weighted by atomic mass is 16.7. The van der Waals surface area contributed by atoms with Gasteiger partial charge in [-0.3, -0.25) is 24.0 Å². The fraction of sp³-hybridized carbons (Fsp3) is 0.667. The van der Waals surface area contributed by atoms with Crippen LogP contribution in [0, 0.1) is 11.3 Å². The van der Waals surface area contributed by atoms with Crippen molar-refractivity contribution in [1.82, 2.24) is 0 Å². The largest absolute Gasteiger partial charge is 0.472 e. The number of hydrogen-bond acceptors (Lipinski definition) is 16. The van der Waals surface area contributed by atoms with E-state index in [-0.39, 0.29) is 5.56 Å². The minimum absolute atomic E-state index is 0.151. The van der Waals surface area contributed by atoms with E-state index in [1.165, 1.54) is 26.2 Å². The molecule has 2 saturated carbocycles. The van der Waals surface area contributed by atoms with Gasteiger partial charge in [-0.1, -0.05) is 0 Å². The molecule has 1 aromatic heterocycles. The molecule has 3 aliphatic rings. The summed E-state index contributed by atoms with van der Waals surface area (Å²) in [5.41, 5.74) is -9.27. The predicted octanol–water partition coefficient (Wildman–Crippen LogP) is 0.384. The van der Waals surface area contributed by atoms with E-state index in [0.29, 0.717) is 0 Å². The first-order chi connectivity index (χ1) is 21.2. The van der Waals surface area contributed by atoms with Crippen LogP contribution in [0.1, 0.15) is 65.7 Å². The second-order valence-electron chi connectivity index (χ2n) is 12.4. The van der Waals surface area contributed by atoms with Gasteiger partial charge >= 0.3 is 35.8 Å². The zero-order valence-corrected chi connectivity index (χ0v) is 26.6. The van der Waals surface area contributed by atoms with Crippen LogP contribution in [0.2, 0.25) is 0 Å². The Morgan fingerprint density at radius 1 is 0.761 bits per heavy atom. The number of carbonyl (C=O) groups excluding carboxylic acids is 6. The predicted molar refractivity (Wildman–Crippen MR) is 147 cm³/mol. The van der Waals surface area contributed by atoms with Crippen molar-refractivity contribution in [1.29, 1.82) is 0 Å². The van der Waals surface area contributed by atoms with E-state index in [0.717, 1.165) is 47.8 Å². The van der Waals surface area contributed by atoms with Crippen LogP contribution in [-0.2, 0) is 57.1 Å². The number of hydrogen-bond donors (Lipinski definition) is 2. The molecular weight excluding hydrogens is 616 g/mol. The molecule has 4 rings (SSSR count). The molecule has 0 amide bonds. The first-order valence-electron chi connectivity index (χ1n) is 14.4. The molecule has 0 radical (unpaired) electrons. The highest BCUT2D eigenvalue weighted by Crippen LogP contribution is 2.69. The lowest BCUT2D eigenvalue weighted by Crippen LogP contribution is -2.89. The maximum atomic E-state index is 13.7. The minimum Gasteiger partial charge on any atom is -0.472 e. The van der Waals surface area contributed by atoms with Crippen LogP contribution in [0.3, 0.4) is 0 Å². The van der Waals surface area contributed by atoms with Crippen molar-refractivity contribution in [3.05, 3.63) is 24.2 Å². The molecule has 10 atom stereocenters. The zero-order valence-electron chi connectivity index (χ0n) is 26.6. The van der Waals surface area contributed by atoms with Crippen LogP contribution < -0.4 is 0 Å². The lowest BCUT2D eigenvalue weighted by atomic mass is 9.45. The first kappa shape index (κ1) is 34.8. The van der Waals surface area contributed by atoms with Gasteiger partial charge in [-0.2, -0.15) is 0 Å². The molecule has 2 N–H and O–H groups in total. The van der Waals surface area contributed by atoms with Crippen molar-refractivity contribution in [2.75, 3.05) is 6.61 Å². The van der Waals surface area contributed by atoms with Gasteiger partial charge in [0, 0.05) is 34.6 Å². The van der Waals surface area contributed by atoms with Crippen LogP contribution in [0.4, 0.5) is 0 Å². The summed E-state index contributed by atoms with van der Waals surface area (Å²) in [4.78, 5) is 76.6. The third-order valence-electron chi connectivity index (χ3n) is 8.94. The summed E-state index contributed by atoms with van der Waals surface area (Å²) in [6.07, 6.45) is -8.98. The normalized spacial score (nSPS) is 37.2. The Bertz CT molecular complexity index is 1400. The molecule has 0 aromatic carbocycles. The molecule has 1 aliphatic heterocycles. The molecule has 10 unspecified atom stereocenters. The highest BCUT2D eigenvalue weighted by molar-refractivity contribution is 5.89. The SMILES string of the molecule is CC(=O)OCC12C(OC(C)=O)C(OC(C)=O)C3C(O)C1(OC3(C)C)C(C)(O)C(OC(C)=O)C(OC(C)=O)C2OC(=O)c1ccoc1. The van der Waals surface area contributed by atoms with Crippen molar-refractivity contribution in [2.24, 2.45) is 11.3 Å². The van der Waals surface area contributed by atoms with Crippen molar-refractivity contribution in [3.63, 3.8) is 0 Å². The molecule has 1 saturated heterocycles. The molecule has 16 heteroatoms. The zero-order chi connectivity index (χ0) is 34.6. The number of ether oxygens (including phenoxy) is 7. The average molecular weight is 655 g/mol. The summed E-state index contributed by atoms with van der Waals surface area (Å²) in [5.74, 6) is -7.09. The molecule has 1 aromatic rings. The van der Waals surface area contributed by atoms with E-state index in [1.54, 1.807) is 0 Å². The number of aliphatic hydroxyl groups excluding tert-OH is 1. The molecule has 46 heavy (non-hydrogen) atoms. The Balaban J connectivity index is 2.19. The van der Waals surface area contributed by atoms with Gasteiger partial charge in [0.05, 0.1) is 29.4 Å². The van der Waals surface area contributed by atoms with Gasteiger partial charge in [-0.15, -0.1) is 0 Å². The Hall–Kier alpha value is -4.02. The molecule has 2 aliphatic carbocycles. The maximum absolute atomic E-state index is 13.7. The van der Waals surface area contributed by atoms with Crippen molar-refractivity contribution in [3.8, 4) is 0 Å². The quantitative estimate of drug-likeness (QED) is 0.286. The Morgan fingerprint density at radius 2 is 1.28 bits per heavy atom. The van der Waals surface area contributed by atoms with Gasteiger partial charge in [0.25, 0.3) is 0 Å². The summed E-state index contributed by atoms with van der Waals surface area (Å²) < 4.78 is 45.8. The Labute approximate surface area is 263 Å². The van der Waals surface area contributed by atoms with Gasteiger partial charge in [0.2, 0.25) is 0 Å². The third kappa shape index (κ3) is 5.31. The monoisotopic (exact) mass is 654 g/mol. The lowest BCUT2D eigenvalue weighted by molar-refractivity contribution is -0.384. The van der Waals surface area contributed by atoms with E-state index >= 15 is 0 Å². The van der Waals surface area contributed by atoms with E-state index < -0.39 is 107 Å². The maximum Gasteiger partial charge on any atom is 0.341 e. The van der Waals surface area contributed by atoms with Gasteiger partial charge in [-0.25, -0.2) is 4.79 Å². The topological polar surface area (TPSA) is 221 Å². The number of carbonyl (C=O) groups is 6.